The molecule has 0 atom stereocenters. The molecule has 5 heteroatoms. The van der Waals surface area contributed by atoms with Crippen molar-refractivity contribution < 1.29 is 24.5 Å². The van der Waals surface area contributed by atoms with Crippen molar-refractivity contribution in [3.63, 3.8) is 0 Å². The van der Waals surface area contributed by atoms with Crippen LogP contribution in [0.4, 0.5) is 0 Å². The van der Waals surface area contributed by atoms with Gasteiger partial charge in [0, 0.05) is 5.56 Å². The van der Waals surface area contributed by atoms with Gasteiger partial charge in [0.1, 0.15) is 30.1 Å². The van der Waals surface area contributed by atoms with Gasteiger partial charge in [0.05, 0.1) is 13.2 Å². The first-order valence-corrected chi connectivity index (χ1v) is 13.3. The van der Waals surface area contributed by atoms with Crippen LogP contribution in [-0.4, -0.2) is 42.4 Å². The molecule has 0 unspecified atom stereocenters. The van der Waals surface area contributed by atoms with Crippen molar-refractivity contribution in [3.8, 4) is 22.6 Å². The Kier molecular flexibility index (Phi) is 7.30. The molecule has 0 saturated heterocycles. The van der Waals surface area contributed by atoms with Crippen molar-refractivity contribution in [2.45, 2.75) is 33.1 Å². The number of ketones is 1. The summed E-state index contributed by atoms with van der Waals surface area (Å²) in [4.78, 5) is 14.9. The zero-order chi connectivity index (χ0) is 27.7. The maximum Gasteiger partial charge on any atom is 0.182 e. The van der Waals surface area contributed by atoms with Crippen LogP contribution in [0.3, 0.4) is 0 Å². The quantitative estimate of drug-likeness (QED) is 0.303. The van der Waals surface area contributed by atoms with Gasteiger partial charge in [-0.05, 0) is 77.8 Å². The molecule has 5 rings (SSSR count). The summed E-state index contributed by atoms with van der Waals surface area (Å²) in [6.45, 7) is 8.18. The molecule has 0 radical (unpaired) electrons. The number of aryl methyl sites for hydroxylation is 4. The van der Waals surface area contributed by atoms with Crippen LogP contribution < -0.4 is 9.47 Å². The maximum atomic E-state index is 14.9. The van der Waals surface area contributed by atoms with Crippen LogP contribution in [0.2, 0.25) is 0 Å². The number of hydrogen-bond acceptors (Lipinski definition) is 5. The van der Waals surface area contributed by atoms with E-state index in [4.69, 9.17) is 9.47 Å². The standard InChI is InChI=1S/C34H34O5/c1-21-17-25(18-22(2)31(21)38-15-13-35)34(26-19-23(3)32(24(4)20-26)39-16-14-36)30-12-8-7-10-28(30)27-9-5-6-11-29(27)33(34)37/h5-12,17-20,35-36H,13-16H2,1-4H3. The minimum absolute atomic E-state index is 0.0162. The monoisotopic (exact) mass is 522 g/mol. The molecule has 0 heterocycles. The Morgan fingerprint density at radius 2 is 1.03 bits per heavy atom. The zero-order valence-corrected chi connectivity index (χ0v) is 22.9. The van der Waals surface area contributed by atoms with Crippen molar-refractivity contribution in [2.24, 2.45) is 0 Å². The van der Waals surface area contributed by atoms with Gasteiger partial charge in [-0.1, -0.05) is 72.8 Å². The van der Waals surface area contributed by atoms with Gasteiger partial charge in [-0.25, -0.2) is 0 Å². The molecule has 0 saturated carbocycles. The second-order valence-electron chi connectivity index (χ2n) is 10.2. The highest BCUT2D eigenvalue weighted by Crippen LogP contribution is 2.52. The van der Waals surface area contributed by atoms with Gasteiger partial charge >= 0.3 is 0 Å². The van der Waals surface area contributed by atoms with Gasteiger partial charge in [-0.15, -0.1) is 0 Å². The second-order valence-corrected chi connectivity index (χ2v) is 10.2. The molecule has 4 aromatic carbocycles. The lowest BCUT2D eigenvalue weighted by molar-refractivity contribution is 0.0933. The van der Waals surface area contributed by atoms with E-state index < -0.39 is 5.41 Å². The normalized spacial score (nSPS) is 13.5. The number of carbonyl (C=O) groups excluding carboxylic acids is 1. The third-order valence-corrected chi connectivity index (χ3v) is 7.60. The SMILES string of the molecule is Cc1cc(C2(c3cc(C)c(OCCO)c(C)c3)C(=O)c3ccccc3-c3ccccc32)cc(C)c1OCCO. The van der Waals surface area contributed by atoms with Crippen LogP contribution in [0.5, 0.6) is 11.5 Å². The summed E-state index contributed by atoms with van der Waals surface area (Å²) in [7, 11) is 0. The summed E-state index contributed by atoms with van der Waals surface area (Å²) in [5.74, 6) is 1.46. The third kappa shape index (κ3) is 4.32. The first-order valence-electron chi connectivity index (χ1n) is 13.3. The van der Waals surface area contributed by atoms with Gasteiger partial charge in [0.15, 0.2) is 5.78 Å². The Morgan fingerprint density at radius 3 is 1.49 bits per heavy atom. The Hall–Kier alpha value is -3.93. The summed E-state index contributed by atoms with van der Waals surface area (Å²) >= 11 is 0. The van der Waals surface area contributed by atoms with E-state index in [1.807, 2.05) is 88.4 Å². The van der Waals surface area contributed by atoms with Gasteiger partial charge in [-0.2, -0.15) is 0 Å². The molecule has 1 aliphatic rings. The van der Waals surface area contributed by atoms with E-state index in [-0.39, 0.29) is 32.2 Å². The van der Waals surface area contributed by atoms with E-state index in [1.165, 1.54) is 0 Å². The molecule has 5 nitrogen and oxygen atoms in total. The van der Waals surface area contributed by atoms with Crippen LogP contribution in [0.1, 0.15) is 49.3 Å². The smallest absolute Gasteiger partial charge is 0.182 e. The summed E-state index contributed by atoms with van der Waals surface area (Å²) in [6.07, 6.45) is 0. The first-order chi connectivity index (χ1) is 18.8. The Morgan fingerprint density at radius 1 is 0.615 bits per heavy atom. The van der Waals surface area contributed by atoms with E-state index in [0.717, 1.165) is 61.6 Å². The van der Waals surface area contributed by atoms with E-state index >= 15 is 0 Å². The van der Waals surface area contributed by atoms with Crippen LogP contribution in [0, 0.1) is 27.7 Å². The molecule has 0 aromatic heterocycles. The van der Waals surface area contributed by atoms with Crippen molar-refractivity contribution in [2.75, 3.05) is 26.4 Å². The number of aliphatic hydroxyl groups is 2. The van der Waals surface area contributed by atoms with Crippen LogP contribution in [0.15, 0.2) is 72.8 Å². The Balaban J connectivity index is 1.86. The molecule has 0 bridgehead atoms. The molecule has 0 fully saturated rings. The van der Waals surface area contributed by atoms with Crippen molar-refractivity contribution in [1.82, 2.24) is 0 Å². The van der Waals surface area contributed by atoms with E-state index in [0.29, 0.717) is 5.56 Å². The van der Waals surface area contributed by atoms with Crippen LogP contribution >= 0.6 is 0 Å². The Bertz CT molecular complexity index is 1440. The van der Waals surface area contributed by atoms with Crippen LogP contribution in [-0.2, 0) is 5.41 Å². The number of Topliss-reactive ketones (excluding diaryl/α,β-unsaturated/α-hetero) is 1. The summed E-state index contributed by atoms with van der Waals surface area (Å²) < 4.78 is 11.7. The fourth-order valence-electron chi connectivity index (χ4n) is 6.11. The predicted molar refractivity (Wildman–Crippen MR) is 153 cm³/mol. The average molecular weight is 523 g/mol. The van der Waals surface area contributed by atoms with E-state index in [1.54, 1.807) is 0 Å². The summed E-state index contributed by atoms with van der Waals surface area (Å²) in [5.41, 5.74) is 7.80. The Labute approximate surface area is 229 Å². The number of hydrogen-bond donors (Lipinski definition) is 2. The topological polar surface area (TPSA) is 76.0 Å². The number of aliphatic hydroxyl groups excluding tert-OH is 2. The highest BCUT2D eigenvalue weighted by atomic mass is 16.5. The summed E-state index contributed by atoms with van der Waals surface area (Å²) in [5, 5.41) is 18.7. The molecule has 39 heavy (non-hydrogen) atoms. The molecule has 4 aromatic rings. The number of benzene rings is 4. The molecular formula is C34H34O5. The zero-order valence-electron chi connectivity index (χ0n) is 22.9. The first kappa shape index (κ1) is 26.7. The average Bonchev–Trinajstić information content (AvgIpc) is 2.93. The minimum Gasteiger partial charge on any atom is -0.491 e. The fraction of sp³-hybridized carbons (Fsp3) is 0.265. The van der Waals surface area contributed by atoms with Gasteiger partial charge in [0.2, 0.25) is 0 Å². The molecule has 200 valence electrons. The number of ether oxygens (including phenoxy) is 2. The highest BCUT2D eigenvalue weighted by molar-refractivity contribution is 6.16. The van der Waals surface area contributed by atoms with Gasteiger partial charge in [-0.3, -0.25) is 4.79 Å². The highest BCUT2D eigenvalue weighted by Gasteiger charge is 2.49. The fourth-order valence-corrected chi connectivity index (χ4v) is 6.11. The maximum absolute atomic E-state index is 14.9. The second kappa shape index (κ2) is 10.7. The van der Waals surface area contributed by atoms with Gasteiger partial charge < -0.3 is 19.7 Å². The summed E-state index contributed by atoms with van der Waals surface area (Å²) in [6, 6.07) is 24.2. The lowest BCUT2D eigenvalue weighted by atomic mass is 9.59. The van der Waals surface area contributed by atoms with E-state index in [9.17, 15) is 15.0 Å². The predicted octanol–water partition coefficient (Wildman–Crippen LogP) is 5.86. The largest absolute Gasteiger partial charge is 0.491 e. The third-order valence-electron chi connectivity index (χ3n) is 7.60. The minimum atomic E-state index is -1.11. The van der Waals surface area contributed by atoms with Crippen molar-refractivity contribution in [1.29, 1.82) is 0 Å². The number of carbonyl (C=O) groups is 1. The van der Waals surface area contributed by atoms with Crippen molar-refractivity contribution >= 4 is 5.78 Å². The molecule has 0 aliphatic heterocycles. The number of fused-ring (bicyclic) bond motifs is 3. The lowest BCUT2D eigenvalue weighted by Crippen LogP contribution is -2.42. The van der Waals surface area contributed by atoms with Gasteiger partial charge in [0.25, 0.3) is 0 Å². The number of rotatable bonds is 8. The molecule has 0 amide bonds. The molecule has 2 N–H and O–H groups in total. The van der Waals surface area contributed by atoms with Crippen LogP contribution in [0.25, 0.3) is 11.1 Å². The molecule has 0 spiro atoms. The lowest BCUT2D eigenvalue weighted by Gasteiger charge is -2.40. The van der Waals surface area contributed by atoms with Crippen molar-refractivity contribution in [3.05, 3.63) is 117 Å². The molecular weight excluding hydrogens is 488 g/mol. The molecule has 1 aliphatic carbocycles. The van der Waals surface area contributed by atoms with E-state index in [2.05, 4.69) is 12.1 Å².